The fraction of sp³-hybridized carbons (Fsp3) is 0.176. The molecule has 0 bridgehead atoms. The van der Waals surface area contributed by atoms with Gasteiger partial charge >= 0.3 is 5.69 Å². The highest BCUT2D eigenvalue weighted by molar-refractivity contribution is 5.48. The van der Waals surface area contributed by atoms with Crippen LogP contribution in [-0.2, 0) is 19.4 Å². The minimum Gasteiger partial charge on any atom is -0.489 e. The molecule has 5 nitrogen and oxygen atoms in total. The van der Waals surface area contributed by atoms with Gasteiger partial charge in [0.2, 0.25) is 0 Å². The maximum absolute atomic E-state index is 12.9. The smallest absolute Gasteiger partial charge is 0.347 e. The SMILES string of the molecule is O=c1[nH]nc2n1-c1ccc(OCc3ccc(F)cc3)cc1CC2. The fourth-order valence-electron chi connectivity index (χ4n) is 2.81. The number of rotatable bonds is 3. The maximum Gasteiger partial charge on any atom is 0.347 e. The van der Waals surface area contributed by atoms with Crippen molar-refractivity contribution in [1.29, 1.82) is 0 Å². The maximum atomic E-state index is 12.9. The van der Waals surface area contributed by atoms with Gasteiger partial charge in [0, 0.05) is 6.42 Å². The molecule has 2 heterocycles. The van der Waals surface area contributed by atoms with Crippen LogP contribution in [0.1, 0.15) is 17.0 Å². The van der Waals surface area contributed by atoms with Crippen LogP contribution in [0.5, 0.6) is 5.75 Å². The first-order valence-electron chi connectivity index (χ1n) is 7.37. The molecule has 2 aromatic carbocycles. The molecule has 0 saturated carbocycles. The zero-order chi connectivity index (χ0) is 15.8. The number of aryl methyl sites for hydroxylation is 2. The van der Waals surface area contributed by atoms with Crippen molar-refractivity contribution in [3.8, 4) is 11.4 Å². The number of H-pyrrole nitrogens is 1. The van der Waals surface area contributed by atoms with Gasteiger partial charge in [0.15, 0.2) is 0 Å². The average Bonchev–Trinajstić information content (AvgIpc) is 2.96. The molecule has 3 aromatic rings. The van der Waals surface area contributed by atoms with Crippen LogP contribution in [0, 0.1) is 5.82 Å². The van der Waals surface area contributed by atoms with Crippen LogP contribution >= 0.6 is 0 Å². The predicted octanol–water partition coefficient (Wildman–Crippen LogP) is 2.38. The topological polar surface area (TPSA) is 59.9 Å². The van der Waals surface area contributed by atoms with E-state index in [9.17, 15) is 9.18 Å². The Hall–Kier alpha value is -2.89. The first-order chi connectivity index (χ1) is 11.2. The fourth-order valence-corrected chi connectivity index (χ4v) is 2.81. The number of aromatic nitrogens is 3. The Morgan fingerprint density at radius 2 is 2.00 bits per heavy atom. The van der Waals surface area contributed by atoms with Crippen molar-refractivity contribution < 1.29 is 9.13 Å². The molecule has 1 aliphatic rings. The van der Waals surface area contributed by atoms with E-state index in [4.69, 9.17) is 4.74 Å². The van der Waals surface area contributed by atoms with E-state index in [0.29, 0.717) is 13.0 Å². The average molecular weight is 311 g/mol. The summed E-state index contributed by atoms with van der Waals surface area (Å²) in [7, 11) is 0. The monoisotopic (exact) mass is 311 g/mol. The summed E-state index contributed by atoms with van der Waals surface area (Å²) >= 11 is 0. The summed E-state index contributed by atoms with van der Waals surface area (Å²) in [6.07, 6.45) is 1.53. The summed E-state index contributed by atoms with van der Waals surface area (Å²) in [5.74, 6) is 1.22. The van der Waals surface area contributed by atoms with Gasteiger partial charge in [-0.05, 0) is 47.9 Å². The third kappa shape index (κ3) is 2.52. The van der Waals surface area contributed by atoms with E-state index < -0.39 is 0 Å². The molecule has 0 aliphatic carbocycles. The van der Waals surface area contributed by atoms with Crippen LogP contribution < -0.4 is 10.4 Å². The molecule has 1 aromatic heterocycles. The molecule has 0 amide bonds. The Morgan fingerprint density at radius 3 is 2.83 bits per heavy atom. The van der Waals surface area contributed by atoms with Crippen molar-refractivity contribution in [3.63, 3.8) is 0 Å². The Kier molecular flexibility index (Phi) is 3.22. The normalized spacial score (nSPS) is 12.6. The summed E-state index contributed by atoms with van der Waals surface area (Å²) in [4.78, 5) is 11.8. The van der Waals surface area contributed by atoms with Gasteiger partial charge in [-0.3, -0.25) is 0 Å². The van der Waals surface area contributed by atoms with Crippen molar-refractivity contribution in [3.05, 3.63) is 75.7 Å². The van der Waals surface area contributed by atoms with Crippen LogP contribution in [0.2, 0.25) is 0 Å². The van der Waals surface area contributed by atoms with E-state index in [1.807, 2.05) is 18.2 Å². The molecule has 0 fully saturated rings. The Balaban J connectivity index is 1.57. The molecule has 0 saturated heterocycles. The summed E-state index contributed by atoms with van der Waals surface area (Å²) in [5, 5.41) is 6.51. The zero-order valence-corrected chi connectivity index (χ0v) is 12.3. The van der Waals surface area contributed by atoms with E-state index in [-0.39, 0.29) is 11.5 Å². The van der Waals surface area contributed by atoms with E-state index in [0.717, 1.165) is 34.8 Å². The van der Waals surface area contributed by atoms with E-state index in [1.165, 1.54) is 12.1 Å². The summed E-state index contributed by atoms with van der Waals surface area (Å²) in [5.41, 5.74) is 2.58. The van der Waals surface area contributed by atoms with Crippen LogP contribution in [0.15, 0.2) is 47.3 Å². The molecule has 1 aliphatic heterocycles. The lowest BCUT2D eigenvalue weighted by Gasteiger charge is -2.18. The molecule has 0 spiro atoms. The number of ether oxygens (including phenoxy) is 1. The minimum absolute atomic E-state index is 0.221. The molecule has 23 heavy (non-hydrogen) atoms. The Bertz CT molecular complexity index is 912. The number of nitrogens with zero attached hydrogens (tertiary/aromatic N) is 2. The number of hydrogen-bond acceptors (Lipinski definition) is 3. The second-order valence-electron chi connectivity index (χ2n) is 5.49. The standard InChI is InChI=1S/C17H14FN3O2/c18-13-4-1-11(2-5-13)10-23-14-6-7-15-12(9-14)3-8-16-19-20-17(22)21(15)16/h1-2,4-7,9H,3,8,10H2,(H,20,22). The molecule has 6 heteroatoms. The third-order valence-electron chi connectivity index (χ3n) is 3.97. The van der Waals surface area contributed by atoms with Gasteiger partial charge in [-0.2, -0.15) is 5.10 Å². The molecule has 1 N–H and O–H groups in total. The lowest BCUT2D eigenvalue weighted by Crippen LogP contribution is -2.22. The zero-order valence-electron chi connectivity index (χ0n) is 12.3. The lowest BCUT2D eigenvalue weighted by molar-refractivity contribution is 0.305. The molecule has 0 atom stereocenters. The van der Waals surface area contributed by atoms with Crippen molar-refractivity contribution >= 4 is 0 Å². The molecular formula is C17H14FN3O2. The van der Waals surface area contributed by atoms with Crippen molar-refractivity contribution in [2.75, 3.05) is 0 Å². The van der Waals surface area contributed by atoms with Crippen LogP contribution in [0.3, 0.4) is 0 Å². The quantitative estimate of drug-likeness (QED) is 0.808. The minimum atomic E-state index is -0.260. The number of fused-ring (bicyclic) bond motifs is 3. The van der Waals surface area contributed by atoms with Gasteiger partial charge < -0.3 is 4.74 Å². The van der Waals surface area contributed by atoms with Crippen molar-refractivity contribution in [2.45, 2.75) is 19.4 Å². The van der Waals surface area contributed by atoms with E-state index in [2.05, 4.69) is 10.2 Å². The van der Waals surface area contributed by atoms with E-state index in [1.54, 1.807) is 16.7 Å². The highest BCUT2D eigenvalue weighted by Gasteiger charge is 2.19. The highest BCUT2D eigenvalue weighted by Crippen LogP contribution is 2.26. The number of halogens is 1. The molecule has 4 rings (SSSR count). The lowest BCUT2D eigenvalue weighted by atomic mass is 10.0. The number of benzene rings is 2. The van der Waals surface area contributed by atoms with Gasteiger partial charge in [0.25, 0.3) is 0 Å². The van der Waals surface area contributed by atoms with Crippen LogP contribution in [-0.4, -0.2) is 14.8 Å². The summed E-state index contributed by atoms with van der Waals surface area (Å²) < 4.78 is 20.3. The molecule has 0 unspecified atom stereocenters. The second-order valence-corrected chi connectivity index (χ2v) is 5.49. The predicted molar refractivity (Wildman–Crippen MR) is 82.3 cm³/mol. The molecule has 116 valence electrons. The first-order valence-corrected chi connectivity index (χ1v) is 7.37. The van der Waals surface area contributed by atoms with Gasteiger partial charge in [0.05, 0.1) is 5.69 Å². The van der Waals surface area contributed by atoms with E-state index >= 15 is 0 Å². The number of nitrogens with one attached hydrogen (secondary N) is 1. The van der Waals surface area contributed by atoms with Crippen LogP contribution in [0.4, 0.5) is 4.39 Å². The summed E-state index contributed by atoms with van der Waals surface area (Å²) in [6.45, 7) is 0.371. The van der Waals surface area contributed by atoms with Crippen LogP contribution in [0.25, 0.3) is 5.69 Å². The van der Waals surface area contributed by atoms with Gasteiger partial charge in [-0.15, -0.1) is 0 Å². The largest absolute Gasteiger partial charge is 0.489 e. The summed E-state index contributed by atoms with van der Waals surface area (Å²) in [6, 6.07) is 11.9. The third-order valence-corrected chi connectivity index (χ3v) is 3.97. The van der Waals surface area contributed by atoms with Gasteiger partial charge in [-0.25, -0.2) is 18.9 Å². The number of aromatic amines is 1. The van der Waals surface area contributed by atoms with Crippen molar-refractivity contribution in [2.24, 2.45) is 0 Å². The first kappa shape index (κ1) is 13.8. The Morgan fingerprint density at radius 1 is 1.17 bits per heavy atom. The second kappa shape index (κ2) is 5.39. The molecule has 0 radical (unpaired) electrons. The molecular weight excluding hydrogens is 297 g/mol. The van der Waals surface area contributed by atoms with Gasteiger partial charge in [0.1, 0.15) is 24.0 Å². The van der Waals surface area contributed by atoms with Crippen molar-refractivity contribution in [1.82, 2.24) is 14.8 Å². The highest BCUT2D eigenvalue weighted by atomic mass is 19.1. The number of hydrogen-bond donors (Lipinski definition) is 1. The Labute approximate surface area is 131 Å². The van der Waals surface area contributed by atoms with Gasteiger partial charge in [-0.1, -0.05) is 12.1 Å².